The van der Waals surface area contributed by atoms with Gasteiger partial charge in [-0.1, -0.05) is 30.3 Å². The largest absolute Gasteiger partial charge is 0.512 e. The molecule has 22 heavy (non-hydrogen) atoms. The van der Waals surface area contributed by atoms with Gasteiger partial charge in [-0.05, 0) is 33.7 Å². The number of Topliss-reactive ketones (excluding diaryl/α,β-unsaturated/α-hetero) is 1. The van der Waals surface area contributed by atoms with Crippen molar-refractivity contribution in [2.45, 2.75) is 32.7 Å². The van der Waals surface area contributed by atoms with Crippen LogP contribution < -0.4 is 5.73 Å². The molecule has 1 aromatic carbocycles. The maximum atomic E-state index is 12.9. The fraction of sp³-hybridized carbons (Fsp3) is 0.562. The molecule has 0 aromatic heterocycles. The second kappa shape index (κ2) is 9.86. The number of hydrogen-bond donors (Lipinski definition) is 1. The maximum absolute atomic E-state index is 12.9. The Morgan fingerprint density at radius 1 is 1.05 bits per heavy atom. The van der Waals surface area contributed by atoms with Gasteiger partial charge in [0.05, 0.1) is 5.54 Å². The van der Waals surface area contributed by atoms with Gasteiger partial charge < -0.3 is 19.0 Å². The first-order chi connectivity index (χ1) is 10.6. The molecule has 0 aliphatic rings. The molecule has 6 heteroatoms. The number of carbonyl (C=O) groups excluding carboxylic acids is 1. The quantitative estimate of drug-likeness (QED) is 0.500. The monoisotopic (exact) mass is 325 g/mol. The maximum Gasteiger partial charge on any atom is 0.512 e. The molecule has 124 valence electrons. The van der Waals surface area contributed by atoms with Gasteiger partial charge in [0.15, 0.2) is 5.78 Å². The molecule has 1 aromatic rings. The summed E-state index contributed by atoms with van der Waals surface area (Å²) in [5, 5.41) is 0. The first-order valence-corrected chi connectivity index (χ1v) is 9.66. The summed E-state index contributed by atoms with van der Waals surface area (Å²) >= 11 is 0. The molecule has 0 bridgehead atoms. The highest BCUT2D eigenvalue weighted by Crippen LogP contribution is 2.32. The predicted molar refractivity (Wildman–Crippen MR) is 88.8 cm³/mol. The van der Waals surface area contributed by atoms with Crippen LogP contribution in [0.25, 0.3) is 0 Å². The Morgan fingerprint density at radius 2 is 1.55 bits per heavy atom. The predicted octanol–water partition coefficient (Wildman–Crippen LogP) is 2.64. The summed E-state index contributed by atoms with van der Waals surface area (Å²) in [5.74, 6) is -0.0203. The van der Waals surface area contributed by atoms with Gasteiger partial charge in [0.1, 0.15) is 0 Å². The average Bonchev–Trinajstić information content (AvgIpc) is 2.53. The SMILES string of the molecule is CCO[Si](OCC)(OCC)C(CCN)C(=O)c1ccccc1. The Hall–Kier alpha value is -1.05. The zero-order valence-corrected chi connectivity index (χ0v) is 14.7. The third-order valence-corrected chi connectivity index (χ3v) is 6.77. The number of nitrogens with two attached hydrogens (primary N) is 1. The second-order valence-electron chi connectivity index (χ2n) is 4.76. The lowest BCUT2D eigenvalue weighted by Crippen LogP contribution is -2.53. The van der Waals surface area contributed by atoms with Crippen LogP contribution in [-0.2, 0) is 13.3 Å². The Morgan fingerprint density at radius 3 is 1.95 bits per heavy atom. The minimum atomic E-state index is -3.12. The van der Waals surface area contributed by atoms with Gasteiger partial charge in [-0.2, -0.15) is 0 Å². The molecule has 1 unspecified atom stereocenters. The van der Waals surface area contributed by atoms with E-state index in [1.54, 1.807) is 12.1 Å². The summed E-state index contributed by atoms with van der Waals surface area (Å²) in [5.41, 5.74) is 5.90. The van der Waals surface area contributed by atoms with Crippen LogP contribution in [0.4, 0.5) is 0 Å². The zero-order chi connectivity index (χ0) is 16.4. The van der Waals surface area contributed by atoms with Gasteiger partial charge in [-0.15, -0.1) is 0 Å². The molecular weight excluding hydrogens is 298 g/mol. The summed E-state index contributed by atoms with van der Waals surface area (Å²) in [4.78, 5) is 12.9. The van der Waals surface area contributed by atoms with Crippen LogP contribution in [0.2, 0.25) is 5.54 Å². The van der Waals surface area contributed by atoms with Crippen molar-refractivity contribution in [3.63, 3.8) is 0 Å². The van der Waals surface area contributed by atoms with Crippen molar-refractivity contribution < 1.29 is 18.1 Å². The minimum absolute atomic E-state index is 0.0203. The van der Waals surface area contributed by atoms with Crippen LogP contribution in [0.5, 0.6) is 0 Å². The zero-order valence-electron chi connectivity index (χ0n) is 13.7. The van der Waals surface area contributed by atoms with Crippen molar-refractivity contribution in [3.8, 4) is 0 Å². The number of benzene rings is 1. The first-order valence-electron chi connectivity index (χ1n) is 7.86. The summed E-state index contributed by atoms with van der Waals surface area (Å²) in [6, 6.07) is 9.17. The second-order valence-corrected chi connectivity index (χ2v) is 7.53. The Balaban J connectivity index is 3.18. The third kappa shape index (κ3) is 4.72. The average molecular weight is 325 g/mol. The van der Waals surface area contributed by atoms with Gasteiger partial charge >= 0.3 is 8.80 Å². The van der Waals surface area contributed by atoms with Crippen molar-refractivity contribution in [1.29, 1.82) is 0 Å². The third-order valence-electron chi connectivity index (χ3n) is 3.29. The van der Waals surface area contributed by atoms with E-state index in [1.807, 2.05) is 39.0 Å². The van der Waals surface area contributed by atoms with Gasteiger partial charge in [-0.3, -0.25) is 4.79 Å². The Labute approximate surface area is 134 Å². The molecule has 0 saturated carbocycles. The van der Waals surface area contributed by atoms with Gasteiger partial charge in [0.2, 0.25) is 0 Å². The van der Waals surface area contributed by atoms with E-state index in [2.05, 4.69) is 0 Å². The molecular formula is C16H27NO4Si. The van der Waals surface area contributed by atoms with Crippen LogP contribution in [0, 0.1) is 0 Å². The normalized spacial score (nSPS) is 13.1. The number of carbonyl (C=O) groups is 1. The van der Waals surface area contributed by atoms with Gasteiger partial charge in [0, 0.05) is 25.4 Å². The Bertz CT molecular complexity index is 424. The van der Waals surface area contributed by atoms with E-state index in [4.69, 9.17) is 19.0 Å². The highest BCUT2D eigenvalue weighted by molar-refractivity contribution is 6.67. The van der Waals surface area contributed by atoms with E-state index < -0.39 is 14.3 Å². The van der Waals surface area contributed by atoms with Crippen LogP contribution in [-0.4, -0.2) is 41.0 Å². The van der Waals surface area contributed by atoms with E-state index in [0.29, 0.717) is 38.3 Å². The molecule has 0 radical (unpaired) electrons. The number of ketones is 1. The lowest BCUT2D eigenvalue weighted by atomic mass is 10.1. The van der Waals surface area contributed by atoms with Gasteiger partial charge in [0.25, 0.3) is 0 Å². The summed E-state index contributed by atoms with van der Waals surface area (Å²) in [6.45, 7) is 7.34. The highest BCUT2D eigenvalue weighted by Gasteiger charge is 2.52. The number of hydrogen-bond acceptors (Lipinski definition) is 5. The van der Waals surface area contributed by atoms with Crippen LogP contribution in [0.1, 0.15) is 37.6 Å². The summed E-state index contributed by atoms with van der Waals surface area (Å²) in [6.07, 6.45) is 0.486. The summed E-state index contributed by atoms with van der Waals surface area (Å²) < 4.78 is 17.7. The smallest absolute Gasteiger partial charge is 0.373 e. The van der Waals surface area contributed by atoms with Crippen molar-refractivity contribution in [2.75, 3.05) is 26.4 Å². The Kier molecular flexibility index (Phi) is 8.51. The van der Waals surface area contributed by atoms with E-state index in [9.17, 15) is 4.79 Å². The van der Waals surface area contributed by atoms with Crippen molar-refractivity contribution in [1.82, 2.24) is 0 Å². The topological polar surface area (TPSA) is 70.8 Å². The number of rotatable bonds is 11. The fourth-order valence-electron chi connectivity index (χ4n) is 2.47. The molecule has 1 rings (SSSR count). The van der Waals surface area contributed by atoms with E-state index in [1.165, 1.54) is 0 Å². The van der Waals surface area contributed by atoms with Crippen molar-refractivity contribution in [3.05, 3.63) is 35.9 Å². The molecule has 5 nitrogen and oxygen atoms in total. The molecule has 0 aliphatic carbocycles. The van der Waals surface area contributed by atoms with E-state index in [-0.39, 0.29) is 5.78 Å². The molecule has 0 amide bonds. The van der Waals surface area contributed by atoms with Crippen molar-refractivity contribution >= 4 is 14.6 Å². The van der Waals surface area contributed by atoms with Crippen molar-refractivity contribution in [2.24, 2.45) is 5.73 Å². The lowest BCUT2D eigenvalue weighted by Gasteiger charge is -2.34. The van der Waals surface area contributed by atoms with Crippen LogP contribution >= 0.6 is 0 Å². The summed E-state index contributed by atoms with van der Waals surface area (Å²) in [7, 11) is -3.12. The van der Waals surface area contributed by atoms with Gasteiger partial charge in [-0.25, -0.2) is 0 Å². The lowest BCUT2D eigenvalue weighted by molar-refractivity contribution is 0.0558. The molecule has 0 spiro atoms. The standard InChI is InChI=1S/C16H27NO4Si/c1-4-19-22(20-5-2,21-6-3)15(12-13-17)16(18)14-10-8-7-9-11-14/h7-11,15H,4-6,12-13,17H2,1-3H3. The highest BCUT2D eigenvalue weighted by atomic mass is 28.4. The van der Waals surface area contributed by atoms with Crippen LogP contribution in [0.3, 0.4) is 0 Å². The molecule has 1 atom stereocenters. The van der Waals surface area contributed by atoms with E-state index in [0.717, 1.165) is 0 Å². The molecule has 0 heterocycles. The van der Waals surface area contributed by atoms with Crippen LogP contribution in [0.15, 0.2) is 30.3 Å². The van der Waals surface area contributed by atoms with E-state index >= 15 is 0 Å². The molecule has 0 aliphatic heterocycles. The fourth-order valence-corrected chi connectivity index (χ4v) is 5.54. The molecule has 2 N–H and O–H groups in total. The molecule has 0 fully saturated rings. The first kappa shape index (κ1) is 19.0. The molecule has 0 saturated heterocycles. The minimum Gasteiger partial charge on any atom is -0.373 e.